The molecule has 0 aliphatic heterocycles. The first kappa shape index (κ1) is 13.7. The van der Waals surface area contributed by atoms with Crippen LogP contribution in [0.15, 0.2) is 12.1 Å². The van der Waals surface area contributed by atoms with Crippen molar-refractivity contribution in [2.45, 2.75) is 18.9 Å². The zero-order valence-corrected chi connectivity index (χ0v) is 11.6. The van der Waals surface area contributed by atoms with Crippen LogP contribution in [0.5, 0.6) is 0 Å². The molecule has 0 bridgehead atoms. The summed E-state index contributed by atoms with van der Waals surface area (Å²) < 4.78 is 0. The SMILES string of the molecule is CN(C)C(=O)c1ccc(N(C)CC2CC(O)C2)nn1. The largest absolute Gasteiger partial charge is 0.393 e. The molecule has 0 aromatic carbocycles. The predicted octanol–water partition coefficient (Wildman–Crippen LogP) is 0.385. The fraction of sp³-hybridized carbons (Fsp3) is 0.615. The second kappa shape index (κ2) is 5.52. The lowest BCUT2D eigenvalue weighted by Gasteiger charge is -2.34. The number of aliphatic hydroxyl groups excluding tert-OH is 1. The first-order valence-corrected chi connectivity index (χ1v) is 6.42. The topological polar surface area (TPSA) is 69.6 Å². The molecule has 104 valence electrons. The maximum absolute atomic E-state index is 11.7. The number of hydrogen-bond donors (Lipinski definition) is 1. The van der Waals surface area contributed by atoms with Crippen LogP contribution in [0, 0.1) is 5.92 Å². The van der Waals surface area contributed by atoms with Gasteiger partial charge in [-0.1, -0.05) is 0 Å². The summed E-state index contributed by atoms with van der Waals surface area (Å²) in [6.45, 7) is 0.854. The number of amides is 1. The second-order valence-corrected chi connectivity index (χ2v) is 5.35. The van der Waals surface area contributed by atoms with Gasteiger partial charge in [0.25, 0.3) is 5.91 Å². The third kappa shape index (κ3) is 3.20. The van der Waals surface area contributed by atoms with Crippen molar-refractivity contribution in [3.05, 3.63) is 17.8 Å². The Labute approximate surface area is 113 Å². The molecule has 1 aromatic rings. The zero-order chi connectivity index (χ0) is 14.0. The van der Waals surface area contributed by atoms with E-state index in [-0.39, 0.29) is 12.0 Å². The molecule has 1 fully saturated rings. The molecule has 0 spiro atoms. The van der Waals surface area contributed by atoms with Gasteiger partial charge in [-0.2, -0.15) is 0 Å². The van der Waals surface area contributed by atoms with E-state index in [1.54, 1.807) is 26.2 Å². The van der Waals surface area contributed by atoms with Crippen molar-refractivity contribution in [2.75, 3.05) is 32.6 Å². The highest BCUT2D eigenvalue weighted by Crippen LogP contribution is 2.28. The molecule has 1 N–H and O–H groups in total. The lowest BCUT2D eigenvalue weighted by Crippen LogP contribution is -2.37. The monoisotopic (exact) mass is 264 g/mol. The van der Waals surface area contributed by atoms with Gasteiger partial charge in [-0.25, -0.2) is 0 Å². The number of rotatable bonds is 4. The fourth-order valence-corrected chi connectivity index (χ4v) is 2.20. The smallest absolute Gasteiger partial charge is 0.273 e. The molecule has 0 atom stereocenters. The molecule has 1 aromatic heterocycles. The Morgan fingerprint density at radius 1 is 1.32 bits per heavy atom. The van der Waals surface area contributed by atoms with Crippen molar-refractivity contribution in [1.29, 1.82) is 0 Å². The van der Waals surface area contributed by atoms with E-state index in [0.717, 1.165) is 25.2 Å². The molecule has 1 amide bonds. The third-order valence-electron chi connectivity index (χ3n) is 3.41. The van der Waals surface area contributed by atoms with E-state index in [1.807, 2.05) is 11.9 Å². The summed E-state index contributed by atoms with van der Waals surface area (Å²) in [7, 11) is 5.32. The Hall–Kier alpha value is -1.69. The average Bonchev–Trinajstić information content (AvgIpc) is 2.36. The second-order valence-electron chi connectivity index (χ2n) is 5.35. The number of nitrogens with zero attached hydrogens (tertiary/aromatic N) is 4. The molecule has 6 nitrogen and oxygen atoms in total. The summed E-state index contributed by atoms with van der Waals surface area (Å²) in [5, 5.41) is 17.3. The average molecular weight is 264 g/mol. The summed E-state index contributed by atoms with van der Waals surface area (Å²) >= 11 is 0. The third-order valence-corrected chi connectivity index (χ3v) is 3.41. The maximum atomic E-state index is 11.7. The van der Waals surface area contributed by atoms with Crippen molar-refractivity contribution in [3.63, 3.8) is 0 Å². The predicted molar refractivity (Wildman–Crippen MR) is 72.1 cm³/mol. The molecular formula is C13H20N4O2. The number of carbonyl (C=O) groups is 1. The van der Waals surface area contributed by atoms with Crippen LogP contribution in [0.2, 0.25) is 0 Å². The molecule has 1 aliphatic rings. The minimum absolute atomic E-state index is 0.135. The van der Waals surface area contributed by atoms with Crippen molar-refractivity contribution in [1.82, 2.24) is 15.1 Å². The van der Waals surface area contributed by atoms with Gasteiger partial charge in [-0.15, -0.1) is 10.2 Å². The van der Waals surface area contributed by atoms with Crippen LogP contribution in [0.3, 0.4) is 0 Å². The van der Waals surface area contributed by atoms with Gasteiger partial charge in [0.2, 0.25) is 0 Å². The number of aliphatic hydroxyl groups is 1. The summed E-state index contributed by atoms with van der Waals surface area (Å²) in [4.78, 5) is 15.2. The van der Waals surface area contributed by atoms with Crippen molar-refractivity contribution in [3.8, 4) is 0 Å². The standard InChI is InChI=1S/C13H20N4O2/c1-16(2)13(19)11-4-5-12(15-14-11)17(3)8-9-6-10(18)7-9/h4-5,9-10,18H,6-8H2,1-3H3. The first-order valence-electron chi connectivity index (χ1n) is 6.42. The van der Waals surface area contributed by atoms with Crippen LogP contribution < -0.4 is 4.90 Å². The Morgan fingerprint density at radius 3 is 2.47 bits per heavy atom. The van der Waals surface area contributed by atoms with E-state index in [0.29, 0.717) is 11.6 Å². The molecular weight excluding hydrogens is 244 g/mol. The van der Waals surface area contributed by atoms with Crippen LogP contribution in [0.25, 0.3) is 0 Å². The Balaban J connectivity index is 1.95. The van der Waals surface area contributed by atoms with E-state index in [4.69, 9.17) is 0 Å². The molecule has 1 aliphatic carbocycles. The Morgan fingerprint density at radius 2 is 2.00 bits per heavy atom. The maximum Gasteiger partial charge on any atom is 0.273 e. The van der Waals surface area contributed by atoms with Gasteiger partial charge in [0.05, 0.1) is 6.10 Å². The van der Waals surface area contributed by atoms with Gasteiger partial charge in [0.1, 0.15) is 0 Å². The summed E-state index contributed by atoms with van der Waals surface area (Å²) in [6, 6.07) is 3.50. The molecule has 1 saturated carbocycles. The number of anilines is 1. The van der Waals surface area contributed by atoms with E-state index in [1.165, 1.54) is 4.90 Å². The lowest BCUT2D eigenvalue weighted by atomic mass is 9.82. The van der Waals surface area contributed by atoms with Gasteiger partial charge >= 0.3 is 0 Å². The zero-order valence-electron chi connectivity index (χ0n) is 11.6. The van der Waals surface area contributed by atoms with Crippen molar-refractivity contribution < 1.29 is 9.90 Å². The quantitative estimate of drug-likeness (QED) is 0.851. The van der Waals surface area contributed by atoms with Crippen LogP contribution in [-0.2, 0) is 0 Å². The highest BCUT2D eigenvalue weighted by Gasteiger charge is 2.28. The van der Waals surface area contributed by atoms with Gasteiger partial charge in [0.15, 0.2) is 11.5 Å². The Kier molecular flexibility index (Phi) is 3.99. The molecule has 19 heavy (non-hydrogen) atoms. The van der Waals surface area contributed by atoms with Gasteiger partial charge in [0, 0.05) is 27.7 Å². The summed E-state index contributed by atoms with van der Waals surface area (Å²) in [5.74, 6) is 1.12. The molecule has 0 radical (unpaired) electrons. The molecule has 2 rings (SSSR count). The number of aromatic nitrogens is 2. The van der Waals surface area contributed by atoms with E-state index in [2.05, 4.69) is 10.2 Å². The normalized spacial score (nSPS) is 21.7. The van der Waals surface area contributed by atoms with Gasteiger partial charge in [-0.05, 0) is 30.9 Å². The van der Waals surface area contributed by atoms with Crippen LogP contribution in [0.1, 0.15) is 23.3 Å². The highest BCUT2D eigenvalue weighted by atomic mass is 16.3. The Bertz CT molecular complexity index is 440. The van der Waals surface area contributed by atoms with Gasteiger partial charge < -0.3 is 14.9 Å². The van der Waals surface area contributed by atoms with Crippen LogP contribution in [0.4, 0.5) is 5.82 Å². The number of carbonyl (C=O) groups excluding carboxylic acids is 1. The number of hydrogen-bond acceptors (Lipinski definition) is 5. The van der Waals surface area contributed by atoms with E-state index >= 15 is 0 Å². The fourth-order valence-electron chi connectivity index (χ4n) is 2.20. The van der Waals surface area contributed by atoms with Crippen LogP contribution in [-0.4, -0.2) is 59.9 Å². The summed E-state index contributed by atoms with van der Waals surface area (Å²) in [5.41, 5.74) is 0.348. The minimum atomic E-state index is -0.149. The molecule has 0 unspecified atom stereocenters. The molecule has 0 saturated heterocycles. The first-order chi connectivity index (χ1) is 8.97. The van der Waals surface area contributed by atoms with Crippen molar-refractivity contribution >= 4 is 11.7 Å². The van der Waals surface area contributed by atoms with Crippen LogP contribution >= 0.6 is 0 Å². The van der Waals surface area contributed by atoms with Gasteiger partial charge in [-0.3, -0.25) is 4.79 Å². The highest BCUT2D eigenvalue weighted by molar-refractivity contribution is 5.91. The molecule has 1 heterocycles. The summed E-state index contributed by atoms with van der Waals surface area (Å²) in [6.07, 6.45) is 1.58. The molecule has 6 heteroatoms. The van der Waals surface area contributed by atoms with E-state index in [9.17, 15) is 9.90 Å². The lowest BCUT2D eigenvalue weighted by molar-refractivity contribution is 0.0464. The van der Waals surface area contributed by atoms with E-state index < -0.39 is 0 Å². The van der Waals surface area contributed by atoms with Crippen molar-refractivity contribution in [2.24, 2.45) is 5.92 Å². The minimum Gasteiger partial charge on any atom is -0.393 e.